The van der Waals surface area contributed by atoms with Crippen molar-refractivity contribution in [3.8, 4) is 0 Å². The molecule has 0 spiro atoms. The van der Waals surface area contributed by atoms with Crippen molar-refractivity contribution in [2.75, 3.05) is 19.7 Å². The largest absolute Gasteiger partial charge is 0.395 e. The Balaban J connectivity index is 1.52. The molecule has 4 nitrogen and oxygen atoms in total. The number of benzene rings is 1. The molecule has 1 amide bonds. The van der Waals surface area contributed by atoms with Crippen molar-refractivity contribution < 1.29 is 9.90 Å². The number of amides is 1. The molecule has 0 aromatic heterocycles. The van der Waals surface area contributed by atoms with Gasteiger partial charge >= 0.3 is 0 Å². The number of hydrogen-bond acceptors (Lipinski definition) is 3. The molecule has 4 heteroatoms. The minimum absolute atomic E-state index is 0.130. The van der Waals surface area contributed by atoms with Crippen molar-refractivity contribution in [1.29, 1.82) is 0 Å². The highest BCUT2D eigenvalue weighted by Gasteiger charge is 2.29. The summed E-state index contributed by atoms with van der Waals surface area (Å²) in [5, 5.41) is 12.3. The van der Waals surface area contributed by atoms with Crippen molar-refractivity contribution in [2.24, 2.45) is 0 Å². The van der Waals surface area contributed by atoms with E-state index in [2.05, 4.69) is 34.5 Å². The number of fused-ring (bicyclic) bond motifs is 1. The van der Waals surface area contributed by atoms with Crippen LogP contribution in [0.5, 0.6) is 0 Å². The molecule has 2 aliphatic carbocycles. The Bertz CT molecular complexity index is 514. The van der Waals surface area contributed by atoms with E-state index >= 15 is 0 Å². The molecule has 2 N–H and O–H groups in total. The maximum atomic E-state index is 12.3. The molecule has 3 rings (SSSR count). The molecule has 1 aromatic carbocycles. The highest BCUT2D eigenvalue weighted by atomic mass is 16.3. The Labute approximate surface area is 132 Å². The average Bonchev–Trinajstić information content (AvgIpc) is 3.37. The third-order valence-electron chi connectivity index (χ3n) is 4.78. The van der Waals surface area contributed by atoms with Gasteiger partial charge in [-0.05, 0) is 43.2 Å². The number of aliphatic hydroxyl groups is 1. The minimum atomic E-state index is 0.130. The number of aryl methyl sites for hydroxylation is 1. The van der Waals surface area contributed by atoms with Gasteiger partial charge in [-0.1, -0.05) is 24.3 Å². The maximum absolute atomic E-state index is 12.3. The van der Waals surface area contributed by atoms with Gasteiger partial charge in [-0.25, -0.2) is 0 Å². The fraction of sp³-hybridized carbons (Fsp3) is 0.611. The van der Waals surface area contributed by atoms with Crippen LogP contribution < -0.4 is 5.32 Å². The first-order chi connectivity index (χ1) is 10.8. The monoisotopic (exact) mass is 302 g/mol. The second-order valence-corrected chi connectivity index (χ2v) is 6.45. The Morgan fingerprint density at radius 3 is 2.82 bits per heavy atom. The first-order valence-electron chi connectivity index (χ1n) is 8.50. The fourth-order valence-corrected chi connectivity index (χ4v) is 3.46. The highest BCUT2D eigenvalue weighted by Crippen LogP contribution is 2.29. The van der Waals surface area contributed by atoms with Gasteiger partial charge in [-0.3, -0.25) is 9.69 Å². The summed E-state index contributed by atoms with van der Waals surface area (Å²) in [6.45, 7) is 1.61. The van der Waals surface area contributed by atoms with Gasteiger partial charge < -0.3 is 10.4 Å². The summed E-state index contributed by atoms with van der Waals surface area (Å²) in [5.41, 5.74) is 2.66. The molecule has 0 bridgehead atoms. The molecule has 2 aliphatic rings. The Kier molecular flexibility index (Phi) is 5.11. The van der Waals surface area contributed by atoms with Crippen LogP contribution >= 0.6 is 0 Å². The molecule has 1 saturated carbocycles. The van der Waals surface area contributed by atoms with Crippen LogP contribution in [0, 0.1) is 0 Å². The van der Waals surface area contributed by atoms with Crippen LogP contribution in [-0.4, -0.2) is 41.7 Å². The van der Waals surface area contributed by atoms with Crippen LogP contribution in [0.25, 0.3) is 0 Å². The zero-order chi connectivity index (χ0) is 15.4. The summed E-state index contributed by atoms with van der Waals surface area (Å²) in [6.07, 6.45) is 6.23. The SMILES string of the molecule is O=C(CCN(CCO)C1CC1)NC1CCCc2ccccc21. The smallest absolute Gasteiger partial charge is 0.221 e. The van der Waals surface area contributed by atoms with Gasteiger partial charge in [-0.15, -0.1) is 0 Å². The number of nitrogens with zero attached hydrogens (tertiary/aromatic N) is 1. The number of hydrogen-bond donors (Lipinski definition) is 2. The summed E-state index contributed by atoms with van der Waals surface area (Å²) in [4.78, 5) is 14.5. The fourth-order valence-electron chi connectivity index (χ4n) is 3.46. The molecule has 0 aliphatic heterocycles. The van der Waals surface area contributed by atoms with Gasteiger partial charge in [-0.2, -0.15) is 0 Å². The average molecular weight is 302 g/mol. The highest BCUT2D eigenvalue weighted by molar-refractivity contribution is 5.76. The molecule has 1 atom stereocenters. The summed E-state index contributed by atoms with van der Waals surface area (Å²) >= 11 is 0. The molecule has 0 heterocycles. The van der Waals surface area contributed by atoms with Gasteiger partial charge in [0.1, 0.15) is 0 Å². The molecule has 0 radical (unpaired) electrons. The summed E-state index contributed by atoms with van der Waals surface area (Å²) in [7, 11) is 0. The standard InChI is InChI=1S/C18H26N2O2/c21-13-12-20(15-8-9-15)11-10-18(22)19-17-7-3-5-14-4-1-2-6-16(14)17/h1-2,4,6,15,17,21H,3,5,7-13H2,(H,19,22). The van der Waals surface area contributed by atoms with Crippen molar-refractivity contribution in [3.05, 3.63) is 35.4 Å². The van der Waals surface area contributed by atoms with Crippen molar-refractivity contribution in [2.45, 2.75) is 50.6 Å². The van der Waals surface area contributed by atoms with E-state index in [4.69, 9.17) is 5.11 Å². The number of rotatable bonds is 7. The Morgan fingerprint density at radius 1 is 1.23 bits per heavy atom. The Hall–Kier alpha value is -1.39. The molecule has 0 saturated heterocycles. The lowest BCUT2D eigenvalue weighted by atomic mass is 9.87. The van der Waals surface area contributed by atoms with Crippen LogP contribution in [0.2, 0.25) is 0 Å². The molecule has 1 unspecified atom stereocenters. The lowest BCUT2D eigenvalue weighted by Gasteiger charge is -2.27. The first kappa shape index (κ1) is 15.5. The van der Waals surface area contributed by atoms with E-state index in [-0.39, 0.29) is 18.6 Å². The van der Waals surface area contributed by atoms with Gasteiger partial charge in [0.05, 0.1) is 12.6 Å². The van der Waals surface area contributed by atoms with Gasteiger partial charge in [0.15, 0.2) is 0 Å². The summed E-state index contributed by atoms with van der Waals surface area (Å²) < 4.78 is 0. The van der Waals surface area contributed by atoms with Crippen LogP contribution in [0.3, 0.4) is 0 Å². The molecule has 1 aromatic rings. The van der Waals surface area contributed by atoms with E-state index in [9.17, 15) is 4.79 Å². The van der Waals surface area contributed by atoms with Crippen molar-refractivity contribution >= 4 is 5.91 Å². The van der Waals surface area contributed by atoms with Crippen molar-refractivity contribution in [3.63, 3.8) is 0 Å². The third kappa shape index (κ3) is 3.87. The summed E-state index contributed by atoms with van der Waals surface area (Å²) in [6, 6.07) is 9.20. The van der Waals surface area contributed by atoms with Crippen LogP contribution in [0.1, 0.15) is 49.3 Å². The van der Waals surface area contributed by atoms with Crippen LogP contribution in [0.4, 0.5) is 0 Å². The molecule has 120 valence electrons. The maximum Gasteiger partial charge on any atom is 0.221 e. The quantitative estimate of drug-likeness (QED) is 0.810. The van der Waals surface area contributed by atoms with E-state index in [1.54, 1.807) is 0 Å². The number of carbonyl (C=O) groups is 1. The zero-order valence-electron chi connectivity index (χ0n) is 13.1. The second kappa shape index (κ2) is 7.25. The second-order valence-electron chi connectivity index (χ2n) is 6.45. The Morgan fingerprint density at radius 2 is 2.05 bits per heavy atom. The predicted molar refractivity (Wildman–Crippen MR) is 86.6 cm³/mol. The predicted octanol–water partition coefficient (Wildman–Crippen LogP) is 2.03. The normalized spacial score (nSPS) is 20.7. The van der Waals surface area contributed by atoms with E-state index in [0.717, 1.165) is 25.8 Å². The first-order valence-corrected chi connectivity index (χ1v) is 8.50. The molecule has 22 heavy (non-hydrogen) atoms. The number of aliphatic hydroxyl groups excluding tert-OH is 1. The van der Waals surface area contributed by atoms with Crippen LogP contribution in [0.15, 0.2) is 24.3 Å². The topological polar surface area (TPSA) is 52.6 Å². The molecular weight excluding hydrogens is 276 g/mol. The zero-order valence-corrected chi connectivity index (χ0v) is 13.1. The number of nitrogens with one attached hydrogen (secondary N) is 1. The summed E-state index contributed by atoms with van der Waals surface area (Å²) in [5.74, 6) is 0.130. The number of carbonyl (C=O) groups excluding carboxylic acids is 1. The van der Waals surface area contributed by atoms with E-state index in [1.807, 2.05) is 0 Å². The van der Waals surface area contributed by atoms with E-state index in [1.165, 1.54) is 24.0 Å². The van der Waals surface area contributed by atoms with Crippen molar-refractivity contribution in [1.82, 2.24) is 10.2 Å². The lowest BCUT2D eigenvalue weighted by Crippen LogP contribution is -2.36. The van der Waals surface area contributed by atoms with Gasteiger partial charge in [0.25, 0.3) is 0 Å². The third-order valence-corrected chi connectivity index (χ3v) is 4.78. The van der Waals surface area contributed by atoms with Crippen LogP contribution in [-0.2, 0) is 11.2 Å². The minimum Gasteiger partial charge on any atom is -0.395 e. The van der Waals surface area contributed by atoms with E-state index < -0.39 is 0 Å². The molecular formula is C18H26N2O2. The van der Waals surface area contributed by atoms with Gasteiger partial charge in [0.2, 0.25) is 5.91 Å². The van der Waals surface area contributed by atoms with E-state index in [0.29, 0.717) is 19.0 Å². The van der Waals surface area contributed by atoms with Gasteiger partial charge in [0, 0.05) is 25.6 Å². The molecule has 1 fully saturated rings. The lowest BCUT2D eigenvalue weighted by molar-refractivity contribution is -0.122.